The smallest absolute Gasteiger partial charge is 0.303 e. The minimum Gasteiger partial charge on any atom is -0.481 e. The van der Waals surface area contributed by atoms with E-state index in [1.165, 1.54) is 5.56 Å². The first-order valence-corrected chi connectivity index (χ1v) is 10.2. The van der Waals surface area contributed by atoms with Crippen LogP contribution < -0.4 is 0 Å². The van der Waals surface area contributed by atoms with Gasteiger partial charge >= 0.3 is 5.97 Å². The monoisotopic (exact) mass is 387 g/mol. The molecular weight excluding hydrogens is 362 g/mol. The summed E-state index contributed by atoms with van der Waals surface area (Å²) in [6, 6.07) is 22.0. The van der Waals surface area contributed by atoms with Gasteiger partial charge in [0.15, 0.2) is 0 Å². The molecule has 0 saturated carbocycles. The lowest BCUT2D eigenvalue weighted by Gasteiger charge is -2.33. The fourth-order valence-electron chi connectivity index (χ4n) is 4.38. The van der Waals surface area contributed by atoms with Crippen molar-refractivity contribution in [3.63, 3.8) is 0 Å². The van der Waals surface area contributed by atoms with Crippen LogP contribution in [0.3, 0.4) is 0 Å². The molecule has 148 valence electrons. The highest BCUT2D eigenvalue weighted by atomic mass is 16.4. The minimum absolute atomic E-state index is 0.0967. The van der Waals surface area contributed by atoms with E-state index < -0.39 is 5.97 Å². The number of hydrogen-bond donors (Lipinski definition) is 1. The molecule has 1 heterocycles. The maximum absolute atomic E-state index is 13.2. The Balaban J connectivity index is 1.47. The Labute approximate surface area is 170 Å². The predicted molar refractivity (Wildman–Crippen MR) is 114 cm³/mol. The lowest BCUT2D eigenvalue weighted by molar-refractivity contribution is -0.136. The summed E-state index contributed by atoms with van der Waals surface area (Å²) >= 11 is 0. The van der Waals surface area contributed by atoms with E-state index in [0.717, 1.165) is 47.8 Å². The number of amides is 1. The van der Waals surface area contributed by atoms with E-state index in [9.17, 15) is 9.59 Å². The first-order chi connectivity index (χ1) is 14.1. The molecule has 0 radical (unpaired) electrons. The Morgan fingerprint density at radius 1 is 0.897 bits per heavy atom. The van der Waals surface area contributed by atoms with Gasteiger partial charge in [0.05, 0.1) is 0 Å². The molecule has 1 saturated heterocycles. The van der Waals surface area contributed by atoms with Crippen LogP contribution in [0.1, 0.15) is 46.7 Å². The third-order valence-electron chi connectivity index (χ3n) is 5.91. The second-order valence-electron chi connectivity index (χ2n) is 7.69. The number of carboxylic acid groups (broad SMARTS) is 1. The number of aryl methyl sites for hydroxylation is 1. The molecule has 3 aromatic carbocycles. The number of rotatable bonds is 5. The quantitative estimate of drug-likeness (QED) is 0.679. The average molecular weight is 387 g/mol. The van der Waals surface area contributed by atoms with Crippen molar-refractivity contribution in [2.45, 2.75) is 31.6 Å². The lowest BCUT2D eigenvalue weighted by atomic mass is 9.85. The molecule has 1 aliphatic rings. The van der Waals surface area contributed by atoms with E-state index in [2.05, 4.69) is 6.07 Å². The Kier molecular flexibility index (Phi) is 5.61. The Morgan fingerprint density at radius 3 is 2.38 bits per heavy atom. The highest BCUT2D eigenvalue weighted by Gasteiger charge is 2.26. The van der Waals surface area contributed by atoms with Gasteiger partial charge in [0.1, 0.15) is 0 Å². The Hall–Kier alpha value is -3.14. The van der Waals surface area contributed by atoms with Crippen LogP contribution in [-0.2, 0) is 11.2 Å². The number of fused-ring (bicyclic) bond motifs is 1. The predicted octanol–water partition coefficient (Wildman–Crippen LogP) is 4.88. The molecule has 0 aliphatic carbocycles. The van der Waals surface area contributed by atoms with Crippen LogP contribution in [0.25, 0.3) is 10.8 Å². The van der Waals surface area contributed by atoms with Crippen molar-refractivity contribution in [3.05, 3.63) is 83.4 Å². The zero-order valence-corrected chi connectivity index (χ0v) is 16.4. The van der Waals surface area contributed by atoms with Crippen molar-refractivity contribution in [3.8, 4) is 0 Å². The van der Waals surface area contributed by atoms with E-state index in [1.54, 1.807) is 0 Å². The molecule has 0 spiro atoms. The number of carboxylic acids is 1. The summed E-state index contributed by atoms with van der Waals surface area (Å²) in [5.74, 6) is -0.300. The highest BCUT2D eigenvalue weighted by molar-refractivity contribution is 6.07. The molecule has 0 atom stereocenters. The number of piperidine rings is 1. The van der Waals surface area contributed by atoms with Gasteiger partial charge in [-0.3, -0.25) is 9.59 Å². The van der Waals surface area contributed by atoms with E-state index in [1.807, 2.05) is 65.6 Å². The summed E-state index contributed by atoms with van der Waals surface area (Å²) in [5.41, 5.74) is 3.13. The molecule has 0 bridgehead atoms. The largest absolute Gasteiger partial charge is 0.481 e. The van der Waals surface area contributed by atoms with Crippen molar-refractivity contribution in [1.82, 2.24) is 4.90 Å². The highest BCUT2D eigenvalue weighted by Crippen LogP contribution is 2.32. The summed E-state index contributed by atoms with van der Waals surface area (Å²) in [6.45, 7) is 1.44. The number of carbonyl (C=O) groups excluding carboxylic acids is 1. The van der Waals surface area contributed by atoms with E-state index >= 15 is 0 Å². The van der Waals surface area contributed by atoms with Gasteiger partial charge in [-0.15, -0.1) is 0 Å². The van der Waals surface area contributed by atoms with Gasteiger partial charge in [0.25, 0.3) is 5.91 Å². The van der Waals surface area contributed by atoms with Crippen LogP contribution in [0.2, 0.25) is 0 Å². The first-order valence-electron chi connectivity index (χ1n) is 10.2. The zero-order valence-electron chi connectivity index (χ0n) is 16.4. The van der Waals surface area contributed by atoms with Crippen LogP contribution in [0, 0.1) is 0 Å². The molecular formula is C25H25NO3. The fraction of sp³-hybridized carbons (Fsp3) is 0.280. The first kappa shape index (κ1) is 19.2. The summed E-state index contributed by atoms with van der Waals surface area (Å²) < 4.78 is 0. The van der Waals surface area contributed by atoms with Gasteiger partial charge in [0.2, 0.25) is 0 Å². The third-order valence-corrected chi connectivity index (χ3v) is 5.91. The van der Waals surface area contributed by atoms with Crippen molar-refractivity contribution >= 4 is 22.6 Å². The number of aliphatic carboxylic acids is 1. The summed E-state index contributed by atoms with van der Waals surface area (Å²) in [7, 11) is 0. The standard InChI is InChI=1S/C25H25NO3/c27-24(28)13-12-19-7-1-3-9-21(19)20-14-16-26(17-15-20)25(29)23-11-5-8-18-6-2-4-10-22(18)23/h1-11,20H,12-17H2,(H,27,28). The maximum Gasteiger partial charge on any atom is 0.303 e. The van der Waals surface area contributed by atoms with Gasteiger partial charge in [-0.05, 0) is 53.1 Å². The minimum atomic E-state index is -0.768. The van der Waals surface area contributed by atoms with Crippen LogP contribution in [0.15, 0.2) is 66.7 Å². The lowest BCUT2D eigenvalue weighted by Crippen LogP contribution is -2.38. The van der Waals surface area contributed by atoms with Gasteiger partial charge < -0.3 is 10.0 Å². The van der Waals surface area contributed by atoms with E-state index in [-0.39, 0.29) is 12.3 Å². The fourth-order valence-corrected chi connectivity index (χ4v) is 4.38. The van der Waals surface area contributed by atoms with Crippen LogP contribution in [-0.4, -0.2) is 35.0 Å². The van der Waals surface area contributed by atoms with Crippen molar-refractivity contribution in [1.29, 1.82) is 0 Å². The normalized spacial score (nSPS) is 14.8. The number of benzene rings is 3. The molecule has 29 heavy (non-hydrogen) atoms. The molecule has 1 amide bonds. The second-order valence-corrected chi connectivity index (χ2v) is 7.69. The molecule has 3 aromatic rings. The van der Waals surface area contributed by atoms with Gasteiger partial charge in [-0.25, -0.2) is 0 Å². The summed E-state index contributed by atoms with van der Waals surface area (Å²) in [4.78, 5) is 26.1. The molecule has 1 aliphatic heterocycles. The molecule has 0 aromatic heterocycles. The van der Waals surface area contributed by atoms with Gasteiger partial charge in [0, 0.05) is 25.1 Å². The van der Waals surface area contributed by atoms with Crippen LogP contribution in [0.5, 0.6) is 0 Å². The average Bonchev–Trinajstić information content (AvgIpc) is 2.77. The van der Waals surface area contributed by atoms with E-state index in [4.69, 9.17) is 5.11 Å². The number of nitrogens with zero attached hydrogens (tertiary/aromatic N) is 1. The molecule has 1 fully saturated rings. The number of hydrogen-bond acceptors (Lipinski definition) is 2. The van der Waals surface area contributed by atoms with E-state index in [0.29, 0.717) is 12.3 Å². The van der Waals surface area contributed by atoms with Crippen LogP contribution >= 0.6 is 0 Å². The molecule has 4 heteroatoms. The summed E-state index contributed by atoms with van der Waals surface area (Å²) in [5, 5.41) is 11.1. The van der Waals surface area contributed by atoms with Crippen molar-refractivity contribution < 1.29 is 14.7 Å². The number of likely N-dealkylation sites (tertiary alicyclic amines) is 1. The van der Waals surface area contributed by atoms with Crippen molar-refractivity contribution in [2.75, 3.05) is 13.1 Å². The summed E-state index contributed by atoms with van der Waals surface area (Å²) in [6.07, 6.45) is 2.51. The third kappa shape index (κ3) is 4.16. The second kappa shape index (κ2) is 8.48. The molecule has 4 nitrogen and oxygen atoms in total. The van der Waals surface area contributed by atoms with Gasteiger partial charge in [-0.1, -0.05) is 60.7 Å². The van der Waals surface area contributed by atoms with Crippen LogP contribution in [0.4, 0.5) is 0 Å². The Morgan fingerprint density at radius 2 is 1.59 bits per heavy atom. The molecule has 0 unspecified atom stereocenters. The van der Waals surface area contributed by atoms with Gasteiger partial charge in [-0.2, -0.15) is 0 Å². The number of carbonyl (C=O) groups is 2. The molecule has 1 N–H and O–H groups in total. The molecule has 4 rings (SSSR count). The maximum atomic E-state index is 13.2. The Bertz CT molecular complexity index is 1030. The topological polar surface area (TPSA) is 57.6 Å². The van der Waals surface area contributed by atoms with Crippen molar-refractivity contribution in [2.24, 2.45) is 0 Å². The zero-order chi connectivity index (χ0) is 20.2. The SMILES string of the molecule is O=C(O)CCc1ccccc1C1CCN(C(=O)c2cccc3ccccc23)CC1.